The molecule has 0 aliphatic rings. The Balaban J connectivity index is 0. The second-order valence-corrected chi connectivity index (χ2v) is 6.80. The molecule has 0 saturated carbocycles. The quantitative estimate of drug-likeness (QED) is 0.652. The highest BCUT2D eigenvalue weighted by molar-refractivity contribution is 5.69. The molecule has 0 aliphatic heterocycles. The molecule has 6 heteroatoms. The Morgan fingerprint density at radius 3 is 1.78 bits per heavy atom. The van der Waals surface area contributed by atoms with Crippen molar-refractivity contribution in [3.63, 3.8) is 0 Å². The van der Waals surface area contributed by atoms with Crippen molar-refractivity contribution in [2.24, 2.45) is 5.92 Å². The largest absolute Gasteiger partial charge is 0.481 e. The predicted molar refractivity (Wildman–Crippen MR) is 89.5 cm³/mol. The molecule has 0 fully saturated rings. The van der Waals surface area contributed by atoms with Crippen LogP contribution in [-0.4, -0.2) is 49.1 Å². The van der Waals surface area contributed by atoms with E-state index < -0.39 is 5.97 Å². The van der Waals surface area contributed by atoms with Gasteiger partial charge in [-0.25, -0.2) is 0 Å². The Labute approximate surface area is 140 Å². The van der Waals surface area contributed by atoms with Crippen LogP contribution in [0.1, 0.15) is 60.8 Å². The lowest BCUT2D eigenvalue weighted by Crippen LogP contribution is -2.24. The molecule has 23 heavy (non-hydrogen) atoms. The molecule has 1 N–H and O–H groups in total. The first-order chi connectivity index (χ1) is 10.4. The van der Waals surface area contributed by atoms with Gasteiger partial charge in [0.25, 0.3) is 0 Å². The van der Waals surface area contributed by atoms with Gasteiger partial charge in [0.1, 0.15) is 0 Å². The molecule has 0 bridgehead atoms. The van der Waals surface area contributed by atoms with E-state index >= 15 is 0 Å². The SMILES string of the molecule is COC(C)(C)CCC(C)C(=O)O.COC(C)(C)CCOC(C)=O. The van der Waals surface area contributed by atoms with Crippen molar-refractivity contribution in [1.29, 1.82) is 0 Å². The fraction of sp³-hybridized carbons (Fsp3) is 0.882. The van der Waals surface area contributed by atoms with Gasteiger partial charge >= 0.3 is 11.9 Å². The van der Waals surface area contributed by atoms with Crippen LogP contribution < -0.4 is 0 Å². The van der Waals surface area contributed by atoms with Crippen molar-refractivity contribution >= 4 is 11.9 Å². The maximum absolute atomic E-state index is 10.5. The van der Waals surface area contributed by atoms with Gasteiger partial charge in [-0.2, -0.15) is 0 Å². The van der Waals surface area contributed by atoms with Crippen LogP contribution in [0.25, 0.3) is 0 Å². The molecule has 0 saturated heterocycles. The molecule has 0 spiro atoms. The maximum atomic E-state index is 10.5. The van der Waals surface area contributed by atoms with Crippen molar-refractivity contribution in [1.82, 2.24) is 0 Å². The summed E-state index contributed by atoms with van der Waals surface area (Å²) in [6.07, 6.45) is 2.16. The third-order valence-electron chi connectivity index (χ3n) is 3.72. The summed E-state index contributed by atoms with van der Waals surface area (Å²) in [6.45, 7) is 11.4. The van der Waals surface area contributed by atoms with Crippen LogP contribution in [0.3, 0.4) is 0 Å². The minimum absolute atomic E-state index is 0.199. The van der Waals surface area contributed by atoms with Gasteiger partial charge in [-0.3, -0.25) is 9.59 Å². The van der Waals surface area contributed by atoms with Crippen LogP contribution in [0.15, 0.2) is 0 Å². The van der Waals surface area contributed by atoms with Crippen molar-refractivity contribution in [2.45, 2.75) is 72.0 Å². The average molecular weight is 334 g/mol. The third kappa shape index (κ3) is 15.5. The predicted octanol–water partition coefficient (Wildman–Crippen LogP) is 3.28. The number of carboxylic acid groups (broad SMARTS) is 1. The Hall–Kier alpha value is -1.14. The van der Waals surface area contributed by atoms with E-state index in [1.54, 1.807) is 21.1 Å². The highest BCUT2D eigenvalue weighted by Gasteiger charge is 2.20. The van der Waals surface area contributed by atoms with Gasteiger partial charge in [-0.1, -0.05) is 6.92 Å². The maximum Gasteiger partial charge on any atom is 0.306 e. The van der Waals surface area contributed by atoms with Crippen LogP contribution >= 0.6 is 0 Å². The van der Waals surface area contributed by atoms with Crippen LogP contribution in [0, 0.1) is 5.92 Å². The number of esters is 1. The highest BCUT2D eigenvalue weighted by Crippen LogP contribution is 2.19. The third-order valence-corrected chi connectivity index (χ3v) is 3.72. The number of carboxylic acids is 1. The lowest BCUT2D eigenvalue weighted by Gasteiger charge is -2.23. The topological polar surface area (TPSA) is 82.1 Å². The van der Waals surface area contributed by atoms with Crippen LogP contribution in [0.4, 0.5) is 0 Å². The van der Waals surface area contributed by atoms with Gasteiger partial charge in [-0.15, -0.1) is 0 Å². The van der Waals surface area contributed by atoms with Gasteiger partial charge in [0.15, 0.2) is 0 Å². The van der Waals surface area contributed by atoms with Gasteiger partial charge in [0, 0.05) is 27.6 Å². The number of methoxy groups -OCH3 is 2. The lowest BCUT2D eigenvalue weighted by atomic mass is 9.96. The second kappa shape index (κ2) is 11.4. The average Bonchev–Trinajstić information content (AvgIpc) is 2.44. The van der Waals surface area contributed by atoms with Crippen LogP contribution in [0.2, 0.25) is 0 Å². The minimum Gasteiger partial charge on any atom is -0.481 e. The summed E-state index contributed by atoms with van der Waals surface area (Å²) < 4.78 is 15.1. The van der Waals surface area contributed by atoms with Crippen molar-refractivity contribution in [3.8, 4) is 0 Å². The normalized spacial score (nSPS) is 12.9. The number of hydrogen-bond donors (Lipinski definition) is 1. The first kappa shape index (κ1) is 24.1. The van der Waals surface area contributed by atoms with Crippen molar-refractivity contribution < 1.29 is 28.9 Å². The first-order valence-electron chi connectivity index (χ1n) is 7.83. The van der Waals surface area contributed by atoms with E-state index in [1.165, 1.54) is 6.92 Å². The van der Waals surface area contributed by atoms with Gasteiger partial charge in [0.05, 0.1) is 23.7 Å². The minimum atomic E-state index is -0.734. The molecule has 6 nitrogen and oxygen atoms in total. The number of aliphatic carboxylic acids is 1. The Morgan fingerprint density at radius 1 is 1.00 bits per heavy atom. The molecule has 0 aromatic rings. The van der Waals surface area contributed by atoms with Crippen LogP contribution in [-0.2, 0) is 23.8 Å². The monoisotopic (exact) mass is 334 g/mol. The molecule has 0 amide bonds. The fourth-order valence-electron chi connectivity index (χ4n) is 1.33. The van der Waals surface area contributed by atoms with E-state index in [-0.39, 0.29) is 23.1 Å². The van der Waals surface area contributed by atoms with Gasteiger partial charge in [0.2, 0.25) is 0 Å². The number of rotatable bonds is 9. The molecule has 0 aromatic heterocycles. The van der Waals surface area contributed by atoms with E-state index in [1.807, 2.05) is 27.7 Å². The molecule has 0 heterocycles. The summed E-state index contributed by atoms with van der Waals surface area (Å²) in [6, 6.07) is 0. The molecule has 0 aliphatic carbocycles. The molecule has 138 valence electrons. The van der Waals surface area contributed by atoms with Crippen molar-refractivity contribution in [2.75, 3.05) is 20.8 Å². The number of carbonyl (C=O) groups is 2. The Bertz CT molecular complexity index is 349. The van der Waals surface area contributed by atoms with E-state index in [0.29, 0.717) is 13.0 Å². The first-order valence-corrected chi connectivity index (χ1v) is 7.83. The summed E-state index contributed by atoms with van der Waals surface area (Å²) >= 11 is 0. The summed E-state index contributed by atoms with van der Waals surface area (Å²) in [5.74, 6) is -1.25. The standard InChI is InChI=1S/C9H18O3.C8H16O3/c1-7(8(10)11)5-6-9(2,3)12-4;1-7(9)11-6-5-8(2,3)10-4/h7H,5-6H2,1-4H3,(H,10,11);5-6H2,1-4H3. The zero-order chi connectivity index (χ0) is 18.7. The van der Waals surface area contributed by atoms with Crippen molar-refractivity contribution in [3.05, 3.63) is 0 Å². The Morgan fingerprint density at radius 2 is 1.43 bits per heavy atom. The fourth-order valence-corrected chi connectivity index (χ4v) is 1.33. The van der Waals surface area contributed by atoms with Crippen LogP contribution in [0.5, 0.6) is 0 Å². The summed E-state index contributed by atoms with van der Waals surface area (Å²) in [7, 11) is 3.29. The smallest absolute Gasteiger partial charge is 0.306 e. The summed E-state index contributed by atoms with van der Waals surface area (Å²) in [4.78, 5) is 20.8. The molecular weight excluding hydrogens is 300 g/mol. The molecular formula is C17H34O6. The van der Waals surface area contributed by atoms with Gasteiger partial charge < -0.3 is 19.3 Å². The zero-order valence-corrected chi connectivity index (χ0v) is 15.9. The molecule has 1 unspecified atom stereocenters. The molecule has 0 radical (unpaired) electrons. The summed E-state index contributed by atoms with van der Waals surface area (Å²) in [5.41, 5.74) is -0.404. The van der Waals surface area contributed by atoms with E-state index in [4.69, 9.17) is 19.3 Å². The van der Waals surface area contributed by atoms with E-state index in [9.17, 15) is 9.59 Å². The van der Waals surface area contributed by atoms with Gasteiger partial charge in [-0.05, 0) is 40.5 Å². The number of hydrogen-bond acceptors (Lipinski definition) is 5. The highest BCUT2D eigenvalue weighted by atomic mass is 16.5. The number of carbonyl (C=O) groups excluding carboxylic acids is 1. The molecule has 0 rings (SSSR count). The molecule has 0 aromatic carbocycles. The van der Waals surface area contributed by atoms with E-state index in [0.717, 1.165) is 12.8 Å². The summed E-state index contributed by atoms with van der Waals surface area (Å²) in [5, 5.41) is 8.61. The Kier molecular flexibility index (Phi) is 12.0. The molecule has 1 atom stereocenters. The second-order valence-electron chi connectivity index (χ2n) is 6.80. The number of ether oxygens (including phenoxy) is 3. The zero-order valence-electron chi connectivity index (χ0n) is 15.9. The lowest BCUT2D eigenvalue weighted by molar-refractivity contribution is -0.143. The van der Waals surface area contributed by atoms with E-state index in [2.05, 4.69) is 0 Å².